The average molecular weight is 242 g/mol. The third kappa shape index (κ3) is 2.25. The molecule has 16 heavy (non-hydrogen) atoms. The van der Waals surface area contributed by atoms with Crippen LogP contribution in [0.2, 0.25) is 5.15 Å². The molecule has 1 saturated carbocycles. The van der Waals surface area contributed by atoms with Crippen LogP contribution in [-0.4, -0.2) is 15.8 Å². The summed E-state index contributed by atoms with van der Waals surface area (Å²) >= 11 is 6.24. The van der Waals surface area contributed by atoms with Crippen molar-refractivity contribution in [1.29, 1.82) is 0 Å². The van der Waals surface area contributed by atoms with E-state index in [1.165, 1.54) is 24.8 Å². The van der Waals surface area contributed by atoms with E-state index in [4.69, 9.17) is 17.3 Å². The number of aromatic nitrogens is 2. The second-order valence-corrected chi connectivity index (χ2v) is 5.25. The topological polar surface area (TPSA) is 43.8 Å². The van der Waals surface area contributed by atoms with Gasteiger partial charge in [-0.1, -0.05) is 24.4 Å². The van der Waals surface area contributed by atoms with Gasteiger partial charge in [-0.3, -0.25) is 4.68 Å². The zero-order chi connectivity index (χ0) is 11.7. The molecule has 4 heteroatoms. The monoisotopic (exact) mass is 241 g/mol. The lowest BCUT2D eigenvalue weighted by Crippen LogP contribution is -2.34. The fourth-order valence-electron chi connectivity index (χ4n) is 2.66. The standard InChI is InChI=1S/C12H20ClN3/c1-8-10(12(13)16(2)15-8)7-9-5-3-4-6-11(9)14/h9,11H,3-7,14H2,1-2H3. The van der Waals surface area contributed by atoms with Gasteiger partial charge in [-0.05, 0) is 32.1 Å². The normalized spacial score (nSPS) is 26.0. The number of hydrogen-bond donors (Lipinski definition) is 1. The summed E-state index contributed by atoms with van der Waals surface area (Å²) in [4.78, 5) is 0. The maximum Gasteiger partial charge on any atom is 0.130 e. The first-order chi connectivity index (χ1) is 7.59. The van der Waals surface area contributed by atoms with E-state index < -0.39 is 0 Å². The van der Waals surface area contributed by atoms with Crippen LogP contribution in [0, 0.1) is 12.8 Å². The molecule has 1 aromatic heterocycles. The van der Waals surface area contributed by atoms with Gasteiger partial charge in [-0.2, -0.15) is 5.10 Å². The first-order valence-corrected chi connectivity index (χ1v) is 6.41. The first kappa shape index (κ1) is 11.9. The van der Waals surface area contributed by atoms with Crippen LogP contribution in [0.25, 0.3) is 0 Å². The van der Waals surface area contributed by atoms with Crippen LogP contribution in [0.1, 0.15) is 36.9 Å². The molecular weight excluding hydrogens is 222 g/mol. The minimum absolute atomic E-state index is 0.337. The fourth-order valence-corrected chi connectivity index (χ4v) is 2.91. The quantitative estimate of drug-likeness (QED) is 0.865. The third-order valence-corrected chi connectivity index (χ3v) is 4.18. The number of aryl methyl sites for hydroxylation is 2. The van der Waals surface area contributed by atoms with Gasteiger partial charge in [0.05, 0.1) is 5.69 Å². The van der Waals surface area contributed by atoms with Crippen molar-refractivity contribution in [3.8, 4) is 0 Å². The van der Waals surface area contributed by atoms with Gasteiger partial charge in [0.1, 0.15) is 5.15 Å². The molecule has 0 aromatic carbocycles. The van der Waals surface area contributed by atoms with Crippen molar-refractivity contribution in [2.45, 2.75) is 45.1 Å². The lowest BCUT2D eigenvalue weighted by Gasteiger charge is -2.28. The van der Waals surface area contributed by atoms with E-state index in [9.17, 15) is 0 Å². The van der Waals surface area contributed by atoms with Crippen molar-refractivity contribution in [1.82, 2.24) is 9.78 Å². The molecule has 0 radical (unpaired) electrons. The molecule has 1 heterocycles. The molecule has 1 aliphatic carbocycles. The van der Waals surface area contributed by atoms with E-state index in [0.717, 1.165) is 23.7 Å². The SMILES string of the molecule is Cc1nn(C)c(Cl)c1CC1CCCCC1N. The van der Waals surface area contributed by atoms with Crippen molar-refractivity contribution >= 4 is 11.6 Å². The molecule has 1 aromatic rings. The zero-order valence-electron chi connectivity index (χ0n) is 10.0. The summed E-state index contributed by atoms with van der Waals surface area (Å²) in [6.07, 6.45) is 5.94. The lowest BCUT2D eigenvalue weighted by atomic mass is 9.81. The second-order valence-electron chi connectivity index (χ2n) is 4.89. The number of hydrogen-bond acceptors (Lipinski definition) is 2. The van der Waals surface area contributed by atoms with Crippen molar-refractivity contribution in [2.75, 3.05) is 0 Å². The fraction of sp³-hybridized carbons (Fsp3) is 0.750. The van der Waals surface area contributed by atoms with Crippen LogP contribution < -0.4 is 5.73 Å². The zero-order valence-corrected chi connectivity index (χ0v) is 10.8. The van der Waals surface area contributed by atoms with E-state index in [-0.39, 0.29) is 0 Å². The molecular formula is C12H20ClN3. The number of rotatable bonds is 2. The molecule has 2 atom stereocenters. The summed E-state index contributed by atoms with van der Waals surface area (Å²) in [5, 5.41) is 5.12. The molecule has 3 nitrogen and oxygen atoms in total. The number of halogens is 1. The molecule has 2 rings (SSSR count). The largest absolute Gasteiger partial charge is 0.327 e. The highest BCUT2D eigenvalue weighted by Crippen LogP contribution is 2.29. The van der Waals surface area contributed by atoms with Crippen LogP contribution in [0.5, 0.6) is 0 Å². The number of nitrogens with two attached hydrogens (primary N) is 1. The van der Waals surface area contributed by atoms with Crippen LogP contribution in [0.15, 0.2) is 0 Å². The van der Waals surface area contributed by atoms with E-state index in [1.54, 1.807) is 4.68 Å². The molecule has 0 spiro atoms. The van der Waals surface area contributed by atoms with Crippen molar-refractivity contribution in [3.05, 3.63) is 16.4 Å². The first-order valence-electron chi connectivity index (χ1n) is 6.03. The van der Waals surface area contributed by atoms with Gasteiger partial charge >= 0.3 is 0 Å². The summed E-state index contributed by atoms with van der Waals surface area (Å²) in [5.41, 5.74) is 8.40. The van der Waals surface area contributed by atoms with Crippen LogP contribution in [0.4, 0.5) is 0 Å². The Labute approximate surface area is 102 Å². The van der Waals surface area contributed by atoms with Gasteiger partial charge < -0.3 is 5.73 Å². The highest BCUT2D eigenvalue weighted by atomic mass is 35.5. The van der Waals surface area contributed by atoms with Crippen molar-refractivity contribution < 1.29 is 0 Å². The summed E-state index contributed by atoms with van der Waals surface area (Å²) in [5.74, 6) is 0.578. The van der Waals surface area contributed by atoms with Gasteiger partial charge in [-0.25, -0.2) is 0 Å². The predicted molar refractivity (Wildman–Crippen MR) is 66.6 cm³/mol. The summed E-state index contributed by atoms with van der Waals surface area (Å²) in [7, 11) is 1.89. The van der Waals surface area contributed by atoms with Gasteiger partial charge in [0.15, 0.2) is 0 Å². The maximum absolute atomic E-state index is 6.24. The van der Waals surface area contributed by atoms with Crippen LogP contribution in [0.3, 0.4) is 0 Å². The lowest BCUT2D eigenvalue weighted by molar-refractivity contribution is 0.306. The average Bonchev–Trinajstić information content (AvgIpc) is 2.48. The van der Waals surface area contributed by atoms with Gasteiger partial charge in [0.25, 0.3) is 0 Å². The minimum Gasteiger partial charge on any atom is -0.327 e. The molecule has 0 bridgehead atoms. The molecule has 1 fully saturated rings. The van der Waals surface area contributed by atoms with Gasteiger partial charge in [0, 0.05) is 18.7 Å². The Morgan fingerprint density at radius 3 is 2.69 bits per heavy atom. The minimum atomic E-state index is 0.337. The Kier molecular flexibility index (Phi) is 3.55. The van der Waals surface area contributed by atoms with Crippen LogP contribution >= 0.6 is 11.6 Å². The molecule has 1 aliphatic rings. The highest BCUT2D eigenvalue weighted by Gasteiger charge is 2.24. The highest BCUT2D eigenvalue weighted by molar-refractivity contribution is 6.30. The smallest absolute Gasteiger partial charge is 0.130 e. The van der Waals surface area contributed by atoms with Crippen molar-refractivity contribution in [3.63, 3.8) is 0 Å². The Bertz CT molecular complexity index is 373. The molecule has 0 saturated heterocycles. The van der Waals surface area contributed by atoms with E-state index in [2.05, 4.69) is 5.10 Å². The summed E-state index contributed by atoms with van der Waals surface area (Å²) < 4.78 is 1.75. The Hall–Kier alpha value is -0.540. The van der Waals surface area contributed by atoms with E-state index >= 15 is 0 Å². The molecule has 2 unspecified atom stereocenters. The third-order valence-electron chi connectivity index (χ3n) is 3.70. The van der Waals surface area contributed by atoms with E-state index in [1.807, 2.05) is 14.0 Å². The van der Waals surface area contributed by atoms with E-state index in [0.29, 0.717) is 12.0 Å². The Morgan fingerprint density at radius 2 is 2.12 bits per heavy atom. The predicted octanol–water partition coefficient (Wildman–Crippen LogP) is 2.44. The maximum atomic E-state index is 6.24. The van der Waals surface area contributed by atoms with Gasteiger partial charge in [-0.15, -0.1) is 0 Å². The van der Waals surface area contributed by atoms with Crippen molar-refractivity contribution in [2.24, 2.45) is 18.7 Å². The summed E-state index contributed by atoms with van der Waals surface area (Å²) in [6, 6.07) is 0.337. The molecule has 0 amide bonds. The molecule has 2 N–H and O–H groups in total. The van der Waals surface area contributed by atoms with Crippen LogP contribution in [-0.2, 0) is 13.5 Å². The molecule has 0 aliphatic heterocycles. The Morgan fingerprint density at radius 1 is 1.44 bits per heavy atom. The second kappa shape index (κ2) is 4.76. The van der Waals surface area contributed by atoms with Gasteiger partial charge in [0.2, 0.25) is 0 Å². The number of nitrogens with zero attached hydrogens (tertiary/aromatic N) is 2. The molecule has 90 valence electrons. The Balaban J connectivity index is 2.13. The summed E-state index contributed by atoms with van der Waals surface area (Å²) in [6.45, 7) is 2.02.